The molecule has 1 unspecified atom stereocenters. The summed E-state index contributed by atoms with van der Waals surface area (Å²) in [6.45, 7) is 0. The van der Waals surface area contributed by atoms with Crippen molar-refractivity contribution in [2.75, 3.05) is 4.90 Å². The lowest BCUT2D eigenvalue weighted by molar-refractivity contribution is 0.196. The number of nitrogens with two attached hydrogens (primary N) is 1. The first kappa shape index (κ1) is 15.5. The molecule has 118 valence electrons. The van der Waals surface area contributed by atoms with Crippen LogP contribution in [0.4, 0.5) is 10.5 Å². The van der Waals surface area contributed by atoms with Gasteiger partial charge >= 0.3 is 12.1 Å². The number of halogens is 2. The Morgan fingerprint density at radius 2 is 1.74 bits per heavy atom. The number of carbonyl (C=O) groups is 1. The van der Waals surface area contributed by atoms with Crippen molar-refractivity contribution in [1.82, 2.24) is 5.01 Å². The van der Waals surface area contributed by atoms with Crippen molar-refractivity contribution in [2.24, 2.45) is 10.8 Å². The first-order valence-corrected chi connectivity index (χ1v) is 7.39. The van der Waals surface area contributed by atoms with Crippen molar-refractivity contribution in [3.63, 3.8) is 0 Å². The van der Waals surface area contributed by atoms with Crippen LogP contribution in [-0.2, 0) is 0 Å². The first-order valence-electron chi connectivity index (χ1n) is 6.64. The number of benzene rings is 2. The van der Waals surface area contributed by atoms with Gasteiger partial charge in [0.15, 0.2) is 6.17 Å². The van der Waals surface area contributed by atoms with Crippen LogP contribution in [0.2, 0.25) is 10.0 Å². The molecule has 1 aliphatic rings. The standard InChI is InChI=1S/C15H12Cl2N4O2/c16-10-6-11(17)8-12(7-10)20-13(9-4-2-1-3-5-9)21(14(18)22)19-15(20)23/h1-8,13H,(H2,18,22)(H,19,23). The highest BCUT2D eigenvalue weighted by Gasteiger charge is 2.39. The molecule has 0 radical (unpaired) electrons. The molecule has 2 aromatic carbocycles. The van der Waals surface area contributed by atoms with E-state index >= 15 is 0 Å². The molecule has 6 nitrogen and oxygen atoms in total. The Labute approximate surface area is 142 Å². The molecular formula is C15H12Cl2N4O2. The molecule has 1 atom stereocenters. The van der Waals surface area contributed by atoms with Crippen molar-refractivity contribution in [1.29, 1.82) is 0 Å². The summed E-state index contributed by atoms with van der Waals surface area (Å²) in [6.07, 6.45) is -0.733. The summed E-state index contributed by atoms with van der Waals surface area (Å²) in [5.74, 6) is 0. The van der Waals surface area contributed by atoms with E-state index < -0.39 is 12.2 Å². The fourth-order valence-corrected chi connectivity index (χ4v) is 2.95. The lowest BCUT2D eigenvalue weighted by Crippen LogP contribution is -2.39. The Morgan fingerprint density at radius 3 is 2.30 bits per heavy atom. The second-order valence-corrected chi connectivity index (χ2v) is 5.74. The van der Waals surface area contributed by atoms with Crippen LogP contribution in [-0.4, -0.2) is 22.2 Å². The summed E-state index contributed by atoms with van der Waals surface area (Å²) in [4.78, 5) is 13.1. The summed E-state index contributed by atoms with van der Waals surface area (Å²) < 4.78 is 0. The first-order chi connectivity index (χ1) is 11.0. The number of aliphatic hydroxyl groups excluding tert-OH is 1. The minimum Gasteiger partial charge on any atom is -0.479 e. The van der Waals surface area contributed by atoms with Crippen LogP contribution in [0, 0.1) is 0 Å². The Hall–Kier alpha value is -2.44. The molecule has 0 aromatic heterocycles. The van der Waals surface area contributed by atoms with Crippen molar-refractivity contribution >= 4 is 40.9 Å². The highest BCUT2D eigenvalue weighted by molar-refractivity contribution is 6.35. The van der Waals surface area contributed by atoms with E-state index in [0.717, 1.165) is 10.6 Å². The van der Waals surface area contributed by atoms with E-state index in [-0.39, 0.29) is 6.02 Å². The zero-order valence-corrected chi connectivity index (χ0v) is 13.2. The number of hydrogen-bond acceptors (Lipinski definition) is 3. The van der Waals surface area contributed by atoms with E-state index in [2.05, 4.69) is 5.10 Å². The molecule has 0 saturated heterocycles. The zero-order valence-electron chi connectivity index (χ0n) is 11.7. The van der Waals surface area contributed by atoms with Crippen LogP contribution in [0.25, 0.3) is 0 Å². The van der Waals surface area contributed by atoms with Gasteiger partial charge in [0, 0.05) is 10.0 Å². The van der Waals surface area contributed by atoms with Crippen molar-refractivity contribution in [2.45, 2.75) is 6.17 Å². The second-order valence-electron chi connectivity index (χ2n) is 4.86. The number of carbonyl (C=O) groups excluding carboxylic acids is 1. The predicted octanol–water partition coefficient (Wildman–Crippen LogP) is 3.72. The number of aliphatic hydroxyl groups is 1. The summed E-state index contributed by atoms with van der Waals surface area (Å²) >= 11 is 12.1. The molecule has 0 aliphatic carbocycles. The number of amides is 2. The number of nitrogens with zero attached hydrogens (tertiary/aromatic N) is 3. The number of urea groups is 1. The van der Waals surface area contributed by atoms with Gasteiger partial charge in [-0.05, 0) is 23.8 Å². The molecule has 2 amide bonds. The fraction of sp³-hybridized carbons (Fsp3) is 0.0667. The Kier molecular flexibility index (Phi) is 4.02. The highest BCUT2D eigenvalue weighted by Crippen LogP contribution is 2.37. The third-order valence-corrected chi connectivity index (χ3v) is 3.77. The molecule has 3 rings (SSSR count). The van der Waals surface area contributed by atoms with E-state index in [4.69, 9.17) is 28.9 Å². The van der Waals surface area contributed by atoms with Crippen molar-refractivity contribution in [3.8, 4) is 0 Å². The van der Waals surface area contributed by atoms with Gasteiger partial charge in [0.1, 0.15) is 0 Å². The minimum atomic E-state index is -0.791. The lowest BCUT2D eigenvalue weighted by atomic mass is 10.1. The average molecular weight is 351 g/mol. The highest BCUT2D eigenvalue weighted by atomic mass is 35.5. The molecular weight excluding hydrogens is 339 g/mol. The largest absolute Gasteiger partial charge is 0.479 e. The number of hydrazone groups is 1. The van der Waals surface area contributed by atoms with Gasteiger partial charge in [0.2, 0.25) is 0 Å². The van der Waals surface area contributed by atoms with E-state index in [9.17, 15) is 9.90 Å². The van der Waals surface area contributed by atoms with Gasteiger partial charge in [-0.2, -0.15) is 5.01 Å². The Morgan fingerprint density at radius 1 is 1.13 bits per heavy atom. The van der Waals surface area contributed by atoms with Gasteiger partial charge in [-0.3, -0.25) is 4.90 Å². The molecule has 3 N–H and O–H groups in total. The van der Waals surface area contributed by atoms with Crippen molar-refractivity contribution < 1.29 is 9.90 Å². The van der Waals surface area contributed by atoms with Gasteiger partial charge in [-0.25, -0.2) is 4.79 Å². The SMILES string of the molecule is NC(=O)N1N=C(O)N(c2cc(Cl)cc(Cl)c2)C1c1ccccc1. The summed E-state index contributed by atoms with van der Waals surface area (Å²) in [5, 5.41) is 15.8. The normalized spacial score (nSPS) is 17.3. The summed E-state index contributed by atoms with van der Waals surface area (Å²) in [5.41, 5.74) is 6.58. The number of amidine groups is 1. The molecule has 1 aliphatic heterocycles. The minimum absolute atomic E-state index is 0.379. The molecule has 2 aromatic rings. The molecule has 23 heavy (non-hydrogen) atoms. The topological polar surface area (TPSA) is 82.2 Å². The number of hydrogen-bond donors (Lipinski definition) is 2. The quantitative estimate of drug-likeness (QED) is 0.865. The van der Waals surface area contributed by atoms with Gasteiger partial charge < -0.3 is 10.8 Å². The van der Waals surface area contributed by atoms with Gasteiger partial charge in [0.25, 0.3) is 0 Å². The van der Waals surface area contributed by atoms with Gasteiger partial charge in [0.05, 0.1) is 5.69 Å². The van der Waals surface area contributed by atoms with E-state index in [0.29, 0.717) is 15.7 Å². The van der Waals surface area contributed by atoms with E-state index in [1.807, 2.05) is 18.2 Å². The third-order valence-electron chi connectivity index (χ3n) is 3.34. The van der Waals surface area contributed by atoms with Crippen LogP contribution in [0.15, 0.2) is 53.6 Å². The molecule has 0 bridgehead atoms. The molecule has 0 spiro atoms. The van der Waals surface area contributed by atoms with Crippen LogP contribution in [0.5, 0.6) is 0 Å². The molecule has 8 heteroatoms. The summed E-state index contributed by atoms with van der Waals surface area (Å²) in [6, 6.07) is 12.7. The maximum Gasteiger partial charge on any atom is 0.337 e. The average Bonchev–Trinajstić information content (AvgIpc) is 2.85. The maximum absolute atomic E-state index is 11.7. The van der Waals surface area contributed by atoms with Crippen molar-refractivity contribution in [3.05, 3.63) is 64.1 Å². The van der Waals surface area contributed by atoms with Crippen LogP contribution in [0.1, 0.15) is 11.7 Å². The zero-order chi connectivity index (χ0) is 16.6. The Bertz CT molecular complexity index is 762. The molecule has 1 heterocycles. The summed E-state index contributed by atoms with van der Waals surface area (Å²) in [7, 11) is 0. The molecule has 0 fully saturated rings. The van der Waals surface area contributed by atoms with Crippen LogP contribution < -0.4 is 10.6 Å². The van der Waals surface area contributed by atoms with Gasteiger partial charge in [-0.15, -0.1) is 5.10 Å². The monoisotopic (exact) mass is 350 g/mol. The predicted molar refractivity (Wildman–Crippen MR) is 89.6 cm³/mol. The fourth-order valence-electron chi connectivity index (χ4n) is 2.44. The van der Waals surface area contributed by atoms with E-state index in [1.165, 1.54) is 4.90 Å². The second kappa shape index (κ2) is 5.98. The number of primary amides is 1. The van der Waals surface area contributed by atoms with E-state index in [1.54, 1.807) is 30.3 Å². The Balaban J connectivity index is 2.12. The lowest BCUT2D eigenvalue weighted by Gasteiger charge is -2.29. The smallest absolute Gasteiger partial charge is 0.337 e. The number of anilines is 1. The third kappa shape index (κ3) is 2.91. The number of rotatable bonds is 2. The van der Waals surface area contributed by atoms with Crippen LogP contribution >= 0.6 is 23.2 Å². The van der Waals surface area contributed by atoms with Gasteiger partial charge in [-0.1, -0.05) is 53.5 Å². The maximum atomic E-state index is 11.7. The molecule has 0 saturated carbocycles. The van der Waals surface area contributed by atoms with Crippen LogP contribution in [0.3, 0.4) is 0 Å².